The van der Waals surface area contributed by atoms with Gasteiger partial charge < -0.3 is 14.8 Å². The summed E-state index contributed by atoms with van der Waals surface area (Å²) < 4.78 is 45.0. The summed E-state index contributed by atoms with van der Waals surface area (Å²) in [7, 11) is 1.66. The zero-order valence-corrected chi connectivity index (χ0v) is 20.3. The average molecular weight is 502 g/mol. The number of aryl methyl sites for hydroxylation is 1. The van der Waals surface area contributed by atoms with Crippen molar-refractivity contribution < 1.29 is 27.8 Å². The minimum absolute atomic E-state index is 0.0502. The second-order valence-corrected chi connectivity index (χ2v) is 9.92. The summed E-state index contributed by atoms with van der Waals surface area (Å²) in [5.41, 5.74) is 4.39. The number of H-pyrrole nitrogens is 1. The van der Waals surface area contributed by atoms with Crippen molar-refractivity contribution in [3.63, 3.8) is 0 Å². The van der Waals surface area contributed by atoms with E-state index in [1.807, 2.05) is 42.3 Å². The number of alkyl halides is 3. The third kappa shape index (κ3) is 4.57. The molecule has 1 aromatic heterocycles. The molecular formula is C27H30F3N3O3. The van der Waals surface area contributed by atoms with Gasteiger partial charge >= 0.3 is 12.1 Å². The fourth-order valence-corrected chi connectivity index (χ4v) is 5.71. The summed E-state index contributed by atoms with van der Waals surface area (Å²) in [6, 6.07) is 10.9. The first-order valence-corrected chi connectivity index (χ1v) is 12.2. The zero-order valence-electron chi connectivity index (χ0n) is 20.3. The number of fused-ring (bicyclic) bond motifs is 1. The number of halogens is 3. The Bertz CT molecular complexity index is 1250. The normalized spacial score (nSPS) is 22.0. The number of rotatable bonds is 6. The van der Waals surface area contributed by atoms with E-state index in [1.165, 1.54) is 0 Å². The molecule has 0 unspecified atom stereocenters. The van der Waals surface area contributed by atoms with E-state index in [0.29, 0.717) is 19.5 Å². The van der Waals surface area contributed by atoms with Gasteiger partial charge in [-0.15, -0.1) is 0 Å². The lowest BCUT2D eigenvalue weighted by atomic mass is 9.86. The second-order valence-electron chi connectivity index (χ2n) is 9.92. The molecule has 0 spiro atoms. The van der Waals surface area contributed by atoms with Crippen molar-refractivity contribution >= 4 is 16.9 Å². The molecule has 2 aromatic carbocycles. The van der Waals surface area contributed by atoms with Crippen molar-refractivity contribution in [2.24, 2.45) is 5.92 Å². The number of aromatic nitrogens is 1. The van der Waals surface area contributed by atoms with Crippen molar-refractivity contribution in [2.45, 2.75) is 44.6 Å². The quantitative estimate of drug-likeness (QED) is 0.475. The third-order valence-corrected chi connectivity index (χ3v) is 7.81. The van der Waals surface area contributed by atoms with E-state index in [9.17, 15) is 23.1 Å². The number of ether oxygens (including phenoxy) is 1. The Morgan fingerprint density at radius 2 is 1.92 bits per heavy atom. The number of nitrogens with zero attached hydrogens (tertiary/aromatic N) is 2. The van der Waals surface area contributed by atoms with Crippen LogP contribution in [0.1, 0.15) is 45.9 Å². The molecule has 2 N–H and O–H groups in total. The number of nitrogens with one attached hydrogen (secondary N) is 1. The first kappa shape index (κ1) is 24.6. The van der Waals surface area contributed by atoms with Gasteiger partial charge in [0, 0.05) is 60.9 Å². The molecule has 0 saturated carbocycles. The highest BCUT2D eigenvalue weighted by Gasteiger charge is 2.49. The number of carbonyl (C=O) groups is 1. The first-order chi connectivity index (χ1) is 17.2. The average Bonchev–Trinajstić information content (AvgIpc) is 3.30. The summed E-state index contributed by atoms with van der Waals surface area (Å²) in [6.07, 6.45) is -0.775. The molecule has 2 aliphatic rings. The molecule has 0 radical (unpaired) electrons. The van der Waals surface area contributed by atoms with Crippen molar-refractivity contribution in [1.29, 1.82) is 0 Å². The van der Waals surface area contributed by atoms with E-state index >= 15 is 0 Å². The van der Waals surface area contributed by atoms with Crippen LogP contribution in [0.4, 0.5) is 13.2 Å². The number of piperidine rings is 1. The number of methoxy groups -OCH3 is 1. The molecule has 192 valence electrons. The number of hydrogen-bond acceptors (Lipinski definition) is 4. The summed E-state index contributed by atoms with van der Waals surface area (Å²) in [5, 5.41) is 10.4. The van der Waals surface area contributed by atoms with E-state index in [2.05, 4.69) is 9.88 Å². The van der Waals surface area contributed by atoms with Gasteiger partial charge in [-0.25, -0.2) is 4.79 Å². The molecule has 2 fully saturated rings. The maximum atomic E-state index is 13.1. The highest BCUT2D eigenvalue weighted by molar-refractivity contribution is 5.88. The van der Waals surface area contributed by atoms with Gasteiger partial charge in [0.25, 0.3) is 0 Å². The largest absolute Gasteiger partial charge is 0.496 e. The molecule has 2 atom stereocenters. The van der Waals surface area contributed by atoms with Crippen LogP contribution in [0.3, 0.4) is 0 Å². The molecule has 3 heterocycles. The van der Waals surface area contributed by atoms with Gasteiger partial charge in [0.05, 0.1) is 18.6 Å². The second kappa shape index (κ2) is 9.44. The molecule has 0 bridgehead atoms. The number of carboxylic acid groups (broad SMARTS) is 1. The molecule has 0 aliphatic carbocycles. The fourth-order valence-electron chi connectivity index (χ4n) is 5.71. The molecule has 3 aromatic rings. The Balaban J connectivity index is 1.43. The van der Waals surface area contributed by atoms with Crippen molar-refractivity contribution in [3.05, 3.63) is 64.8 Å². The summed E-state index contributed by atoms with van der Waals surface area (Å²) in [4.78, 5) is 19.0. The smallest absolute Gasteiger partial charge is 0.394 e. The Kier molecular flexibility index (Phi) is 6.46. The highest BCUT2D eigenvalue weighted by Crippen LogP contribution is 2.41. The standard InChI is InChI=1S/C27H30F3N3O3/c1-16-11-24(36-2)22(21-7-9-31-25(16)21)15-32-10-8-20(33-13-19(14-33)27(28,29)30)12-23(32)17-3-5-18(6-4-17)26(34)35/h3-7,9,11,19-20,23,31H,8,10,12-15H2,1-2H3,(H,34,35)/t20-,23+/m0/s1. The van der Waals surface area contributed by atoms with Crippen LogP contribution < -0.4 is 4.74 Å². The van der Waals surface area contributed by atoms with Gasteiger partial charge in [0.1, 0.15) is 5.75 Å². The highest BCUT2D eigenvalue weighted by atomic mass is 19.4. The predicted octanol–water partition coefficient (Wildman–Crippen LogP) is 5.38. The maximum Gasteiger partial charge on any atom is 0.394 e. The van der Waals surface area contributed by atoms with Crippen molar-refractivity contribution in [2.75, 3.05) is 26.7 Å². The third-order valence-electron chi connectivity index (χ3n) is 7.81. The van der Waals surface area contributed by atoms with Crippen LogP contribution in [-0.4, -0.2) is 64.8 Å². The number of aromatic amines is 1. The zero-order chi connectivity index (χ0) is 25.6. The molecule has 2 saturated heterocycles. The molecule has 0 amide bonds. The number of hydrogen-bond donors (Lipinski definition) is 2. The summed E-state index contributed by atoms with van der Waals surface area (Å²) in [6.45, 7) is 3.46. The van der Waals surface area contributed by atoms with Crippen molar-refractivity contribution in [1.82, 2.24) is 14.8 Å². The summed E-state index contributed by atoms with van der Waals surface area (Å²) >= 11 is 0. The van der Waals surface area contributed by atoms with Crippen LogP contribution in [0.5, 0.6) is 5.75 Å². The number of carboxylic acids is 1. The summed E-state index contributed by atoms with van der Waals surface area (Å²) in [5.74, 6) is -1.43. The van der Waals surface area contributed by atoms with Gasteiger partial charge in [0.2, 0.25) is 0 Å². The number of benzene rings is 2. The molecular weight excluding hydrogens is 471 g/mol. The monoisotopic (exact) mass is 501 g/mol. The van der Waals surface area contributed by atoms with Gasteiger partial charge in [-0.3, -0.25) is 9.80 Å². The van der Waals surface area contributed by atoms with Gasteiger partial charge in [-0.1, -0.05) is 12.1 Å². The van der Waals surface area contributed by atoms with E-state index in [-0.39, 0.29) is 30.7 Å². The lowest BCUT2D eigenvalue weighted by Crippen LogP contribution is -2.59. The molecule has 2 aliphatic heterocycles. The topological polar surface area (TPSA) is 68.8 Å². The minimum Gasteiger partial charge on any atom is -0.496 e. The van der Waals surface area contributed by atoms with E-state index in [4.69, 9.17) is 4.74 Å². The molecule has 9 heteroatoms. The lowest BCUT2D eigenvalue weighted by molar-refractivity contribution is -0.216. The van der Waals surface area contributed by atoms with Crippen LogP contribution in [0.25, 0.3) is 10.9 Å². The van der Waals surface area contributed by atoms with Crippen LogP contribution in [-0.2, 0) is 6.54 Å². The minimum atomic E-state index is -4.15. The first-order valence-electron chi connectivity index (χ1n) is 12.2. The van der Waals surface area contributed by atoms with Crippen LogP contribution in [0, 0.1) is 12.8 Å². The van der Waals surface area contributed by atoms with E-state index in [1.54, 1.807) is 19.2 Å². The molecule has 36 heavy (non-hydrogen) atoms. The predicted molar refractivity (Wildman–Crippen MR) is 130 cm³/mol. The Labute approximate surface area is 207 Å². The molecule has 6 nitrogen and oxygen atoms in total. The van der Waals surface area contributed by atoms with Gasteiger partial charge in [-0.2, -0.15) is 13.2 Å². The van der Waals surface area contributed by atoms with Gasteiger partial charge in [0.15, 0.2) is 0 Å². The Morgan fingerprint density at radius 3 is 2.56 bits per heavy atom. The van der Waals surface area contributed by atoms with Crippen LogP contribution in [0.2, 0.25) is 0 Å². The van der Waals surface area contributed by atoms with Crippen LogP contribution in [0.15, 0.2) is 42.6 Å². The Hall–Kier alpha value is -3.04. The number of likely N-dealkylation sites (tertiary alicyclic amines) is 2. The maximum absolute atomic E-state index is 13.1. The fraction of sp³-hybridized carbons (Fsp3) is 0.444. The van der Waals surface area contributed by atoms with Crippen LogP contribution >= 0.6 is 0 Å². The number of aromatic carboxylic acids is 1. The SMILES string of the molecule is COc1cc(C)c2[nH]ccc2c1CN1CC[C@H](N2CC(C(F)(F)F)C2)C[C@@H]1c1ccc(C(=O)O)cc1. The van der Waals surface area contributed by atoms with Crippen molar-refractivity contribution in [3.8, 4) is 5.75 Å². The van der Waals surface area contributed by atoms with Gasteiger partial charge in [-0.05, 0) is 55.2 Å². The van der Waals surface area contributed by atoms with E-state index in [0.717, 1.165) is 39.8 Å². The Morgan fingerprint density at radius 1 is 1.19 bits per heavy atom. The van der Waals surface area contributed by atoms with E-state index < -0.39 is 18.1 Å². The molecule has 5 rings (SSSR count). The lowest BCUT2D eigenvalue weighted by Gasteiger charge is -2.50.